The Morgan fingerprint density at radius 1 is 1.26 bits per heavy atom. The van der Waals surface area contributed by atoms with Crippen LogP contribution in [0.15, 0.2) is 12.1 Å². The van der Waals surface area contributed by atoms with E-state index in [1.165, 1.54) is 12.8 Å². The SMILES string of the molecule is Cc1cc(Cl)c(NC(=O)CNC2CCCC2)cc1Cl. The summed E-state index contributed by atoms with van der Waals surface area (Å²) in [5.74, 6) is -0.0891. The van der Waals surface area contributed by atoms with Crippen LogP contribution in [-0.2, 0) is 4.79 Å². The second-order valence-corrected chi connectivity index (χ2v) is 5.81. The van der Waals surface area contributed by atoms with Gasteiger partial charge in [0.05, 0.1) is 17.3 Å². The maximum atomic E-state index is 11.8. The van der Waals surface area contributed by atoms with Crippen LogP contribution in [0.4, 0.5) is 5.69 Å². The molecule has 5 heteroatoms. The van der Waals surface area contributed by atoms with Crippen LogP contribution in [0, 0.1) is 6.92 Å². The number of benzene rings is 1. The van der Waals surface area contributed by atoms with Crippen molar-refractivity contribution < 1.29 is 4.79 Å². The van der Waals surface area contributed by atoms with E-state index in [2.05, 4.69) is 10.6 Å². The molecule has 0 unspecified atom stereocenters. The van der Waals surface area contributed by atoms with E-state index >= 15 is 0 Å². The van der Waals surface area contributed by atoms with Crippen molar-refractivity contribution in [1.82, 2.24) is 5.32 Å². The van der Waals surface area contributed by atoms with Crippen LogP contribution >= 0.6 is 23.2 Å². The molecule has 0 aromatic heterocycles. The second kappa shape index (κ2) is 6.60. The number of anilines is 1. The Kier molecular flexibility index (Phi) is 5.08. The highest BCUT2D eigenvalue weighted by Crippen LogP contribution is 2.28. The first-order chi connectivity index (χ1) is 9.06. The Balaban J connectivity index is 1.89. The van der Waals surface area contributed by atoms with Gasteiger partial charge < -0.3 is 10.6 Å². The Morgan fingerprint density at radius 2 is 1.95 bits per heavy atom. The van der Waals surface area contributed by atoms with Crippen LogP contribution in [0.3, 0.4) is 0 Å². The third-order valence-electron chi connectivity index (χ3n) is 3.43. The second-order valence-electron chi connectivity index (χ2n) is 4.99. The van der Waals surface area contributed by atoms with Gasteiger partial charge in [0.25, 0.3) is 0 Å². The summed E-state index contributed by atoms with van der Waals surface area (Å²) in [4.78, 5) is 11.8. The monoisotopic (exact) mass is 300 g/mol. The highest BCUT2D eigenvalue weighted by molar-refractivity contribution is 6.36. The summed E-state index contributed by atoms with van der Waals surface area (Å²) >= 11 is 12.1. The number of aryl methyl sites for hydroxylation is 1. The predicted molar refractivity (Wildman–Crippen MR) is 80.1 cm³/mol. The van der Waals surface area contributed by atoms with Gasteiger partial charge in [-0.05, 0) is 37.5 Å². The summed E-state index contributed by atoms with van der Waals surface area (Å²) in [5.41, 5.74) is 1.46. The van der Waals surface area contributed by atoms with Crippen LogP contribution in [0.2, 0.25) is 10.0 Å². The first kappa shape index (κ1) is 14.6. The van der Waals surface area contributed by atoms with Crippen molar-refractivity contribution in [3.8, 4) is 0 Å². The van der Waals surface area contributed by atoms with E-state index < -0.39 is 0 Å². The molecule has 1 aromatic rings. The topological polar surface area (TPSA) is 41.1 Å². The molecule has 0 bridgehead atoms. The summed E-state index contributed by atoms with van der Waals surface area (Å²) in [6.45, 7) is 2.19. The third-order valence-corrected chi connectivity index (χ3v) is 4.15. The summed E-state index contributed by atoms with van der Waals surface area (Å²) in [5, 5.41) is 7.15. The highest BCUT2D eigenvalue weighted by atomic mass is 35.5. The van der Waals surface area contributed by atoms with Crippen molar-refractivity contribution in [2.45, 2.75) is 38.6 Å². The molecule has 0 atom stereocenters. The maximum Gasteiger partial charge on any atom is 0.238 e. The predicted octanol–water partition coefficient (Wildman–Crippen LogP) is 3.77. The summed E-state index contributed by atoms with van der Waals surface area (Å²) in [6.07, 6.45) is 4.81. The molecular weight excluding hydrogens is 283 g/mol. The van der Waals surface area contributed by atoms with Crippen LogP contribution in [0.5, 0.6) is 0 Å². The molecule has 0 spiro atoms. The smallest absolute Gasteiger partial charge is 0.238 e. The fourth-order valence-electron chi connectivity index (χ4n) is 2.30. The zero-order chi connectivity index (χ0) is 13.8. The van der Waals surface area contributed by atoms with Gasteiger partial charge in [0.2, 0.25) is 5.91 Å². The molecule has 19 heavy (non-hydrogen) atoms. The molecule has 2 rings (SSSR count). The molecule has 104 valence electrons. The van der Waals surface area contributed by atoms with Crippen molar-refractivity contribution >= 4 is 34.8 Å². The Morgan fingerprint density at radius 3 is 2.63 bits per heavy atom. The Labute approximate surface area is 123 Å². The Bertz CT molecular complexity index is 471. The molecule has 1 fully saturated rings. The molecule has 0 radical (unpaired) electrons. The lowest BCUT2D eigenvalue weighted by atomic mass is 10.2. The van der Waals surface area contributed by atoms with Gasteiger partial charge in [-0.2, -0.15) is 0 Å². The van der Waals surface area contributed by atoms with Gasteiger partial charge in [0, 0.05) is 11.1 Å². The minimum absolute atomic E-state index is 0.0891. The van der Waals surface area contributed by atoms with Crippen molar-refractivity contribution in [2.24, 2.45) is 0 Å². The molecule has 3 nitrogen and oxygen atoms in total. The average molecular weight is 301 g/mol. The van der Waals surface area contributed by atoms with Crippen LogP contribution in [0.1, 0.15) is 31.2 Å². The zero-order valence-electron chi connectivity index (χ0n) is 10.9. The molecule has 0 aliphatic heterocycles. The van der Waals surface area contributed by atoms with Crippen LogP contribution < -0.4 is 10.6 Å². The lowest BCUT2D eigenvalue weighted by Crippen LogP contribution is -2.34. The minimum atomic E-state index is -0.0891. The van der Waals surface area contributed by atoms with Gasteiger partial charge in [-0.3, -0.25) is 4.79 Å². The summed E-state index contributed by atoms with van der Waals surface area (Å²) < 4.78 is 0. The molecule has 2 N–H and O–H groups in total. The quantitative estimate of drug-likeness (QED) is 0.888. The standard InChI is InChI=1S/C14H18Cl2N2O/c1-9-6-12(16)13(7-11(9)15)18-14(19)8-17-10-4-2-3-5-10/h6-7,10,17H,2-5,8H2,1H3,(H,18,19). The fourth-order valence-corrected chi connectivity index (χ4v) is 2.73. The molecule has 1 aliphatic carbocycles. The lowest BCUT2D eigenvalue weighted by Gasteiger charge is -2.13. The number of nitrogens with one attached hydrogen (secondary N) is 2. The van der Waals surface area contributed by atoms with Gasteiger partial charge in [-0.15, -0.1) is 0 Å². The molecule has 0 heterocycles. The third kappa shape index (κ3) is 4.10. The van der Waals surface area contributed by atoms with E-state index in [9.17, 15) is 4.79 Å². The zero-order valence-corrected chi connectivity index (χ0v) is 12.4. The van der Waals surface area contributed by atoms with Gasteiger partial charge in [0.1, 0.15) is 0 Å². The number of hydrogen-bond acceptors (Lipinski definition) is 2. The molecule has 1 aliphatic rings. The maximum absolute atomic E-state index is 11.8. The van der Waals surface area contributed by atoms with E-state index in [0.29, 0.717) is 28.3 Å². The van der Waals surface area contributed by atoms with E-state index in [-0.39, 0.29) is 5.91 Å². The first-order valence-electron chi connectivity index (χ1n) is 6.55. The number of amides is 1. The van der Waals surface area contributed by atoms with E-state index in [1.54, 1.807) is 12.1 Å². The van der Waals surface area contributed by atoms with Crippen molar-refractivity contribution in [1.29, 1.82) is 0 Å². The van der Waals surface area contributed by atoms with Crippen molar-refractivity contribution in [3.63, 3.8) is 0 Å². The summed E-state index contributed by atoms with van der Waals surface area (Å²) in [6, 6.07) is 3.92. The van der Waals surface area contributed by atoms with Crippen molar-refractivity contribution in [3.05, 3.63) is 27.7 Å². The van der Waals surface area contributed by atoms with Crippen LogP contribution in [0.25, 0.3) is 0 Å². The van der Waals surface area contributed by atoms with Gasteiger partial charge >= 0.3 is 0 Å². The van der Waals surface area contributed by atoms with Gasteiger partial charge in [-0.25, -0.2) is 0 Å². The summed E-state index contributed by atoms with van der Waals surface area (Å²) in [7, 11) is 0. The van der Waals surface area contributed by atoms with E-state index in [0.717, 1.165) is 18.4 Å². The minimum Gasteiger partial charge on any atom is -0.324 e. The molecule has 0 saturated heterocycles. The highest BCUT2D eigenvalue weighted by Gasteiger charge is 2.15. The van der Waals surface area contributed by atoms with Crippen LogP contribution in [-0.4, -0.2) is 18.5 Å². The van der Waals surface area contributed by atoms with E-state index in [1.807, 2.05) is 6.92 Å². The lowest BCUT2D eigenvalue weighted by molar-refractivity contribution is -0.115. The average Bonchev–Trinajstić information content (AvgIpc) is 2.86. The number of halogens is 2. The molecule has 1 aromatic carbocycles. The number of carbonyl (C=O) groups excluding carboxylic acids is 1. The number of hydrogen-bond donors (Lipinski definition) is 2. The first-order valence-corrected chi connectivity index (χ1v) is 7.30. The normalized spacial score (nSPS) is 15.7. The largest absolute Gasteiger partial charge is 0.324 e. The number of carbonyl (C=O) groups is 1. The molecule has 1 saturated carbocycles. The number of rotatable bonds is 4. The molecule has 1 amide bonds. The van der Waals surface area contributed by atoms with Gasteiger partial charge in [0.15, 0.2) is 0 Å². The van der Waals surface area contributed by atoms with Gasteiger partial charge in [-0.1, -0.05) is 36.0 Å². The fraction of sp³-hybridized carbons (Fsp3) is 0.500. The Hall–Kier alpha value is -0.770. The van der Waals surface area contributed by atoms with Crippen molar-refractivity contribution in [2.75, 3.05) is 11.9 Å². The molecular formula is C14H18Cl2N2O. The van der Waals surface area contributed by atoms with E-state index in [4.69, 9.17) is 23.2 Å².